The van der Waals surface area contributed by atoms with Crippen LogP contribution in [-0.2, 0) is 11.2 Å². The highest BCUT2D eigenvalue weighted by atomic mass is 32.2. The number of non-ortho nitro benzene ring substituents is 1. The monoisotopic (exact) mass is 422 g/mol. The molecule has 3 aromatic rings. The molecule has 1 heterocycles. The number of nitrogens with zero attached hydrogens (tertiary/aromatic N) is 3. The number of nitrogens with one attached hydrogen (secondary N) is 1. The van der Waals surface area contributed by atoms with Gasteiger partial charge in [-0.1, -0.05) is 30.3 Å². The quantitative estimate of drug-likeness (QED) is 0.491. The minimum absolute atomic E-state index is 0.0480. The number of rotatable bonds is 5. The van der Waals surface area contributed by atoms with Gasteiger partial charge < -0.3 is 4.74 Å². The summed E-state index contributed by atoms with van der Waals surface area (Å²) in [4.78, 5) is 10.6. The summed E-state index contributed by atoms with van der Waals surface area (Å²) in [6.07, 6.45) is 0. The van der Waals surface area contributed by atoms with Gasteiger partial charge in [0.05, 0.1) is 23.4 Å². The summed E-state index contributed by atoms with van der Waals surface area (Å²) >= 11 is -1.76. The van der Waals surface area contributed by atoms with E-state index in [9.17, 15) is 14.3 Å². The summed E-state index contributed by atoms with van der Waals surface area (Å²) in [5.74, 6) is 0.611. The zero-order chi connectivity index (χ0) is 21.3. The van der Waals surface area contributed by atoms with Gasteiger partial charge in [0.25, 0.3) is 5.69 Å². The number of anilines is 2. The lowest BCUT2D eigenvalue weighted by Crippen LogP contribution is -2.28. The lowest BCUT2D eigenvalue weighted by atomic mass is 10.0. The smallest absolute Gasteiger partial charge is 0.269 e. The second-order valence-corrected chi connectivity index (χ2v) is 7.71. The molecule has 30 heavy (non-hydrogen) atoms. The predicted molar refractivity (Wildman–Crippen MR) is 116 cm³/mol. The molecule has 1 N–H and O–H groups in total. The summed E-state index contributed by atoms with van der Waals surface area (Å²) in [7, 11) is 1.53. The lowest BCUT2D eigenvalue weighted by molar-refractivity contribution is -0.384. The van der Waals surface area contributed by atoms with E-state index < -0.39 is 22.1 Å². The average molecular weight is 422 g/mol. The Hall–Kier alpha value is -3.72. The molecule has 3 aromatic carbocycles. The van der Waals surface area contributed by atoms with Crippen molar-refractivity contribution in [2.24, 2.45) is 0 Å². The summed E-state index contributed by atoms with van der Waals surface area (Å²) in [5.41, 5.74) is 1.74. The fourth-order valence-corrected chi connectivity index (χ4v) is 4.85. The molecule has 8 nitrogen and oxygen atoms in total. The highest BCUT2D eigenvalue weighted by Gasteiger charge is 2.45. The van der Waals surface area contributed by atoms with E-state index in [0.29, 0.717) is 22.7 Å². The van der Waals surface area contributed by atoms with Crippen LogP contribution in [0.25, 0.3) is 0 Å². The van der Waals surface area contributed by atoms with Crippen molar-refractivity contribution < 1.29 is 13.9 Å². The molecule has 1 fully saturated rings. The first kappa shape index (κ1) is 19.6. The zero-order valence-electron chi connectivity index (χ0n) is 16.0. The van der Waals surface area contributed by atoms with Gasteiger partial charge in [-0.2, -0.15) is 0 Å². The molecule has 1 aliphatic rings. The van der Waals surface area contributed by atoms with E-state index in [4.69, 9.17) is 10.1 Å². The van der Waals surface area contributed by atoms with Crippen molar-refractivity contribution >= 4 is 34.1 Å². The topological polar surface area (TPSA) is 99.8 Å². The van der Waals surface area contributed by atoms with Crippen molar-refractivity contribution in [3.63, 3.8) is 0 Å². The Morgan fingerprint density at radius 1 is 1.00 bits per heavy atom. The molecule has 1 saturated heterocycles. The average Bonchev–Trinajstić information content (AvgIpc) is 3.04. The highest BCUT2D eigenvalue weighted by Crippen LogP contribution is 2.43. The fourth-order valence-electron chi connectivity index (χ4n) is 3.38. The molecule has 152 valence electrons. The van der Waals surface area contributed by atoms with Gasteiger partial charge in [-0.3, -0.25) is 19.8 Å². The van der Waals surface area contributed by atoms with Crippen molar-refractivity contribution in [3.8, 4) is 5.75 Å². The Bertz CT molecular complexity index is 1120. The molecular formula is C21H18N4O4S. The maximum atomic E-state index is 13.6. The first-order valence-corrected chi connectivity index (χ1v) is 10.1. The Labute approximate surface area is 175 Å². The number of hydrogen-bond donors (Lipinski definition) is 1. The zero-order valence-corrected chi connectivity index (χ0v) is 16.8. The van der Waals surface area contributed by atoms with Crippen LogP contribution in [0.15, 0.2) is 78.9 Å². The maximum absolute atomic E-state index is 13.6. The third-order valence-corrected chi connectivity index (χ3v) is 6.23. The first-order chi connectivity index (χ1) is 14.5. The van der Waals surface area contributed by atoms with Crippen LogP contribution in [0.4, 0.5) is 17.1 Å². The van der Waals surface area contributed by atoms with E-state index in [1.807, 2.05) is 24.3 Å². The van der Waals surface area contributed by atoms with Crippen LogP contribution < -0.4 is 13.3 Å². The number of amidine groups is 1. The number of para-hydroxylation sites is 3. The number of nitro groups is 1. The van der Waals surface area contributed by atoms with Crippen molar-refractivity contribution in [1.82, 2.24) is 0 Å². The lowest BCUT2D eigenvalue weighted by Gasteiger charge is -2.24. The van der Waals surface area contributed by atoms with E-state index in [-0.39, 0.29) is 11.5 Å². The Morgan fingerprint density at radius 2 is 1.63 bits per heavy atom. The fraction of sp³-hybridized carbons (Fsp3) is 0.0952. The van der Waals surface area contributed by atoms with E-state index in [0.717, 1.165) is 0 Å². The van der Waals surface area contributed by atoms with Crippen molar-refractivity contribution in [1.29, 1.82) is 5.41 Å². The molecular weight excluding hydrogens is 404 g/mol. The third kappa shape index (κ3) is 3.29. The van der Waals surface area contributed by atoms with E-state index in [1.54, 1.807) is 46.8 Å². The van der Waals surface area contributed by atoms with Crippen LogP contribution in [0.1, 0.15) is 11.6 Å². The predicted octanol–water partition coefficient (Wildman–Crippen LogP) is 4.23. The maximum Gasteiger partial charge on any atom is 0.269 e. The standard InChI is InChI=1S/C21H18N4O4S/c1-29-19-10-6-5-9-18(19)24-20(15-11-13-17(14-12-15)25(26)27)21(22)23(30(24)28)16-7-3-2-4-8-16/h2-14,20,22H,1H3. The van der Waals surface area contributed by atoms with Crippen LogP contribution in [-0.4, -0.2) is 22.1 Å². The SMILES string of the molecule is COc1ccccc1N1C(c2ccc([N+](=O)[O-])cc2)C(=N)N(c2ccccc2)S1=O. The molecule has 0 aliphatic carbocycles. The van der Waals surface area contributed by atoms with Crippen LogP contribution in [0.3, 0.4) is 0 Å². The van der Waals surface area contributed by atoms with Crippen LogP contribution in [0.2, 0.25) is 0 Å². The largest absolute Gasteiger partial charge is 0.495 e. The van der Waals surface area contributed by atoms with Gasteiger partial charge in [-0.15, -0.1) is 0 Å². The molecule has 0 radical (unpaired) electrons. The molecule has 1 aliphatic heterocycles. The number of ether oxygens (including phenoxy) is 1. The Balaban J connectivity index is 1.86. The minimum atomic E-state index is -1.76. The van der Waals surface area contributed by atoms with Crippen LogP contribution in [0.5, 0.6) is 5.75 Å². The number of nitro benzene ring substituents is 1. The molecule has 4 rings (SSSR count). The van der Waals surface area contributed by atoms with Crippen molar-refractivity contribution in [3.05, 3.63) is 94.5 Å². The number of hydrogen-bond acceptors (Lipinski definition) is 5. The van der Waals surface area contributed by atoms with Gasteiger partial charge in [0.15, 0.2) is 0 Å². The number of benzene rings is 3. The number of methoxy groups -OCH3 is 1. The van der Waals surface area contributed by atoms with Gasteiger partial charge in [-0.05, 0) is 42.0 Å². The van der Waals surface area contributed by atoms with Crippen LogP contribution in [0, 0.1) is 15.5 Å². The highest BCUT2D eigenvalue weighted by molar-refractivity contribution is 7.89. The summed E-state index contributed by atoms with van der Waals surface area (Å²) in [6, 6.07) is 21.4. The van der Waals surface area contributed by atoms with Gasteiger partial charge in [-0.25, -0.2) is 8.51 Å². The van der Waals surface area contributed by atoms with E-state index >= 15 is 0 Å². The molecule has 0 saturated carbocycles. The molecule has 9 heteroatoms. The van der Waals surface area contributed by atoms with Gasteiger partial charge in [0, 0.05) is 12.1 Å². The summed E-state index contributed by atoms with van der Waals surface area (Å²) in [5, 5.41) is 19.9. The molecule has 0 spiro atoms. The van der Waals surface area contributed by atoms with Crippen molar-refractivity contribution in [2.45, 2.75) is 6.04 Å². The molecule has 0 aromatic heterocycles. The molecule has 0 bridgehead atoms. The van der Waals surface area contributed by atoms with Crippen molar-refractivity contribution in [2.75, 3.05) is 15.7 Å². The van der Waals surface area contributed by atoms with Gasteiger partial charge in [0.2, 0.25) is 11.2 Å². The Morgan fingerprint density at radius 3 is 2.27 bits per heavy atom. The van der Waals surface area contributed by atoms with Gasteiger partial charge >= 0.3 is 0 Å². The molecule has 0 amide bonds. The van der Waals surface area contributed by atoms with Crippen LogP contribution >= 0.6 is 0 Å². The molecule has 2 unspecified atom stereocenters. The third-order valence-electron chi connectivity index (χ3n) is 4.77. The summed E-state index contributed by atoms with van der Waals surface area (Å²) < 4.78 is 22.1. The first-order valence-electron chi connectivity index (χ1n) is 9.05. The normalized spacial score (nSPS) is 18.5. The minimum Gasteiger partial charge on any atom is -0.495 e. The second kappa shape index (κ2) is 7.96. The van der Waals surface area contributed by atoms with Gasteiger partial charge in [0.1, 0.15) is 17.6 Å². The second-order valence-electron chi connectivity index (χ2n) is 6.49. The Kier molecular flexibility index (Phi) is 5.20. The van der Waals surface area contributed by atoms with E-state index in [1.165, 1.54) is 23.5 Å². The summed E-state index contributed by atoms with van der Waals surface area (Å²) in [6.45, 7) is 0. The molecule has 2 atom stereocenters. The van der Waals surface area contributed by atoms with E-state index in [2.05, 4.69) is 0 Å².